The number of hydrogen-bond acceptors (Lipinski definition) is 5. The second kappa shape index (κ2) is 28.3. The summed E-state index contributed by atoms with van der Waals surface area (Å²) in [4.78, 5) is 33.8. The molecule has 0 aliphatic heterocycles. The first-order valence-electron chi connectivity index (χ1n) is 2.14. The van der Waals surface area contributed by atoms with Crippen molar-refractivity contribution in [2.75, 3.05) is 0 Å². The normalized spacial score (nSPS) is 9.95. The molecular weight excluding hydrogens is 490 g/mol. The van der Waals surface area contributed by atoms with Crippen molar-refractivity contribution in [1.82, 2.24) is 0 Å². The number of hydrogen-bond donors (Lipinski definition) is 4. The second-order valence-electron chi connectivity index (χ2n) is 1.40. The molecule has 0 heterocycles. The van der Waals surface area contributed by atoms with Crippen molar-refractivity contribution >= 4 is 248 Å². The molecule has 0 radical (unpaired) electrons. The topological polar surface area (TPSA) is 214 Å². The van der Waals surface area contributed by atoms with Crippen molar-refractivity contribution in [1.29, 1.82) is 0 Å². The van der Waals surface area contributed by atoms with Crippen LogP contribution in [0.5, 0.6) is 0 Å². The Morgan fingerprint density at radius 3 is 1.25 bits per heavy atom. The number of carbonyl (C=O) groups is 1. The van der Waals surface area contributed by atoms with Crippen molar-refractivity contribution in [3.05, 3.63) is 0 Å². The molecule has 1 atom stereocenters. The largest absolute Gasteiger partial charge is 2.00 e. The molecule has 0 saturated carbocycles. The summed E-state index contributed by atoms with van der Waals surface area (Å²) in [5.74, 6) is 0. The molecular formula is CH20Ca6O11P2. The van der Waals surface area contributed by atoms with E-state index in [1.807, 2.05) is 0 Å². The van der Waals surface area contributed by atoms with Gasteiger partial charge in [0.2, 0.25) is 0 Å². The zero-order valence-electron chi connectivity index (χ0n) is 22.5. The monoisotopic (exact) mass is 510 g/mol. The third-order valence-electron chi connectivity index (χ3n) is 0.403. The van der Waals surface area contributed by atoms with Crippen molar-refractivity contribution in [3.8, 4) is 0 Å². The number of phosphoric ester groups is 1. The minimum atomic E-state index is -5.24. The van der Waals surface area contributed by atoms with E-state index in [1.54, 1.807) is 0 Å². The zero-order valence-corrected chi connectivity index (χ0v) is 25.5. The van der Waals surface area contributed by atoms with Gasteiger partial charge in [0.05, 0.1) is 0 Å². The first kappa shape index (κ1) is 56.3. The van der Waals surface area contributed by atoms with Gasteiger partial charge in [-0.05, 0) is 0 Å². The van der Waals surface area contributed by atoms with Gasteiger partial charge in [-0.2, -0.15) is 4.31 Å². The minimum absolute atomic E-state index is 0. The Morgan fingerprint density at radius 2 is 1.10 bits per heavy atom. The molecule has 0 rings (SSSR count). The maximum absolute atomic E-state index is 10.3. The van der Waals surface area contributed by atoms with E-state index < -0.39 is 21.8 Å². The molecule has 0 spiro atoms. The molecule has 0 aliphatic carbocycles. The molecule has 0 aromatic rings. The summed E-state index contributed by atoms with van der Waals surface area (Å²) in [6.45, 7) is 0. The summed E-state index contributed by atoms with van der Waals surface area (Å²) < 4.78 is 26.4. The number of rotatable bonds is 3. The smallest absolute Gasteiger partial charge is 1.00 e. The van der Waals surface area contributed by atoms with Gasteiger partial charge in [0, 0.05) is 0 Å². The molecule has 11 nitrogen and oxygen atoms in total. The van der Waals surface area contributed by atoms with E-state index in [-0.39, 0.29) is 255 Å². The summed E-state index contributed by atoms with van der Waals surface area (Å²) in [6, 6.07) is 0. The second-order valence-corrected chi connectivity index (χ2v) is 4.15. The van der Waals surface area contributed by atoms with E-state index in [9.17, 15) is 13.9 Å². The molecule has 19 heteroatoms. The predicted octanol–water partition coefficient (Wildman–Crippen LogP) is -2.69. The van der Waals surface area contributed by atoms with Crippen LogP contribution in [-0.2, 0) is 18.0 Å². The maximum Gasteiger partial charge on any atom is 2.00 e. The molecule has 112 valence electrons. The Labute approximate surface area is 311 Å². The van der Waals surface area contributed by atoms with E-state index in [4.69, 9.17) is 19.8 Å². The van der Waals surface area contributed by atoms with Crippen LogP contribution in [0.25, 0.3) is 0 Å². The summed E-state index contributed by atoms with van der Waals surface area (Å²) in [7, 11) is -10.5. The first-order chi connectivity index (χ1) is 5.12. The van der Waals surface area contributed by atoms with Crippen LogP contribution in [0, 0.1) is 0 Å². The van der Waals surface area contributed by atoms with Crippen LogP contribution < -0.4 is 0 Å². The first-order valence-corrected chi connectivity index (χ1v) is 5.17. The van der Waals surface area contributed by atoms with Crippen molar-refractivity contribution in [3.63, 3.8) is 0 Å². The van der Waals surface area contributed by atoms with Crippen LogP contribution >= 0.6 is 15.6 Å². The molecule has 0 fully saturated rings. The molecule has 0 bridgehead atoms. The van der Waals surface area contributed by atoms with Crippen LogP contribution in [0.1, 0.15) is 17.1 Å². The Hall–Kier alpha value is 7.05. The fraction of sp³-hybridized carbons (Fsp3) is 0. The molecule has 8 N–H and O–H groups in total. The third-order valence-corrected chi connectivity index (χ3v) is 2.47. The summed E-state index contributed by atoms with van der Waals surface area (Å²) >= 11 is 0. The Bertz CT molecular complexity index is 309. The molecule has 0 aliphatic rings. The third kappa shape index (κ3) is 44.5. The quantitative estimate of drug-likeness (QED) is 0.229. The van der Waals surface area contributed by atoms with Crippen LogP contribution in [0.15, 0.2) is 0 Å². The summed E-state index contributed by atoms with van der Waals surface area (Å²) in [6.07, 6.45) is -2.19. The summed E-state index contributed by atoms with van der Waals surface area (Å²) in [5.41, 5.74) is 0. The predicted molar refractivity (Wildman–Crippen MR) is 87.2 cm³/mol. The molecule has 20 heavy (non-hydrogen) atoms. The Morgan fingerprint density at radius 1 is 0.850 bits per heavy atom. The zero-order chi connectivity index (χ0) is 9.99. The molecule has 0 amide bonds. The summed E-state index contributed by atoms with van der Waals surface area (Å²) in [5, 5.41) is 7.76. The fourth-order valence-electron chi connectivity index (χ4n) is 0.250. The van der Waals surface area contributed by atoms with E-state index in [1.165, 1.54) is 0 Å². The van der Waals surface area contributed by atoms with E-state index >= 15 is 0 Å². The van der Waals surface area contributed by atoms with Crippen LogP contribution in [-0.4, -0.2) is 263 Å². The Balaban J connectivity index is -0.00000000318. The van der Waals surface area contributed by atoms with Gasteiger partial charge in [0.1, 0.15) is 0 Å². The maximum atomic E-state index is 10.3. The van der Waals surface area contributed by atoms with Gasteiger partial charge in [-0.1, -0.05) is 0 Å². The standard InChI is InChI=1S/CH4O9P2.6Ca.2H2O.12H/c2-1(3)9-12(7,8)10-11(4,5)6;;;;;;;;;;;;;;;;;;;;/h(H,2,3)(H,7,8)(H2,4,5,6);;;;;;;2*1H2;;;;;;;;;;;;/q;6*+2;;;12*-1. The van der Waals surface area contributed by atoms with E-state index in [0.29, 0.717) is 0 Å². The average molecular weight is 511 g/mol. The van der Waals surface area contributed by atoms with Gasteiger partial charge in [0.25, 0.3) is 0 Å². The van der Waals surface area contributed by atoms with E-state index in [0.717, 1.165) is 0 Å². The van der Waals surface area contributed by atoms with Crippen molar-refractivity contribution < 1.29 is 70.6 Å². The van der Waals surface area contributed by atoms with Crippen molar-refractivity contribution in [2.24, 2.45) is 0 Å². The SMILES string of the molecule is O.O.O=C(O)OP(=O)(O)OP(=O)(O)O.[Ca+2].[Ca+2].[Ca+2].[Ca+2].[Ca+2].[Ca+2].[H-].[H-].[H-].[H-].[H-].[H-].[H-].[H-].[H-].[H-].[H-].[H-]. The van der Waals surface area contributed by atoms with Crippen LogP contribution in [0.4, 0.5) is 4.79 Å². The minimum Gasteiger partial charge on any atom is -1.00 e. The molecule has 0 aromatic heterocycles. The van der Waals surface area contributed by atoms with Gasteiger partial charge < -0.3 is 47.5 Å². The van der Waals surface area contributed by atoms with Gasteiger partial charge in [-0.25, -0.2) is 13.9 Å². The van der Waals surface area contributed by atoms with Crippen molar-refractivity contribution in [2.45, 2.75) is 0 Å². The number of phosphoric acid groups is 2. The fourth-order valence-corrected chi connectivity index (χ4v) is 1.66. The molecule has 1 unspecified atom stereocenters. The molecule has 0 aromatic carbocycles. The van der Waals surface area contributed by atoms with Crippen LogP contribution in [0.2, 0.25) is 0 Å². The van der Waals surface area contributed by atoms with Gasteiger partial charge in [-0.3, -0.25) is 4.89 Å². The van der Waals surface area contributed by atoms with Gasteiger partial charge >= 0.3 is 248 Å². The average Bonchev–Trinajstić information content (AvgIpc) is 1.48. The molecule has 0 saturated heterocycles. The van der Waals surface area contributed by atoms with Crippen LogP contribution in [0.3, 0.4) is 0 Å². The Kier molecular flexibility index (Phi) is 79.6. The van der Waals surface area contributed by atoms with E-state index in [2.05, 4.69) is 8.83 Å². The van der Waals surface area contributed by atoms with Gasteiger partial charge in [-0.15, -0.1) is 0 Å². The van der Waals surface area contributed by atoms with Gasteiger partial charge in [0.15, 0.2) is 0 Å². The number of carboxylic acid groups (broad SMARTS) is 1.